The van der Waals surface area contributed by atoms with Gasteiger partial charge in [-0.05, 0) is 28.8 Å². The molecule has 1 aromatic rings. The van der Waals surface area contributed by atoms with Gasteiger partial charge < -0.3 is 4.98 Å². The zero-order chi connectivity index (χ0) is 11.9. The van der Waals surface area contributed by atoms with Crippen molar-refractivity contribution in [1.82, 2.24) is 9.97 Å². The average molecular weight is 307 g/mol. The number of sulfone groups is 1. The van der Waals surface area contributed by atoms with Crippen molar-refractivity contribution in [2.45, 2.75) is 24.5 Å². The van der Waals surface area contributed by atoms with Crippen molar-refractivity contribution in [2.24, 2.45) is 0 Å². The quantitative estimate of drug-likeness (QED) is 0.902. The first-order chi connectivity index (χ1) is 7.37. The minimum Gasteiger partial charge on any atom is -0.309 e. The van der Waals surface area contributed by atoms with Gasteiger partial charge in [-0.3, -0.25) is 4.79 Å². The molecule has 1 fully saturated rings. The third-order valence-corrected chi connectivity index (χ3v) is 3.86. The van der Waals surface area contributed by atoms with Gasteiger partial charge in [0.05, 0.1) is 5.69 Å². The van der Waals surface area contributed by atoms with E-state index < -0.39 is 9.84 Å². The summed E-state index contributed by atoms with van der Waals surface area (Å²) in [6, 6.07) is 0. The number of hydrogen-bond donors (Lipinski definition) is 1. The summed E-state index contributed by atoms with van der Waals surface area (Å²) in [4.78, 5) is 18.2. The summed E-state index contributed by atoms with van der Waals surface area (Å²) >= 11 is 3.18. The van der Waals surface area contributed by atoms with E-state index in [0.717, 1.165) is 19.1 Å². The van der Waals surface area contributed by atoms with E-state index in [1.165, 1.54) is 0 Å². The maximum absolute atomic E-state index is 11.5. The number of hydrogen-bond acceptors (Lipinski definition) is 4. The van der Waals surface area contributed by atoms with Crippen molar-refractivity contribution >= 4 is 25.8 Å². The molecular weight excluding hydrogens is 296 g/mol. The molecule has 0 spiro atoms. The van der Waals surface area contributed by atoms with Crippen LogP contribution in [-0.2, 0) is 15.6 Å². The molecule has 0 unspecified atom stereocenters. The standard InChI is InChI=1S/C9H11BrN2O3S/c1-16(14,15)4-6-11-8(5-2-3-5)7(10)9(13)12-6/h5H,2-4H2,1H3,(H,11,12,13). The van der Waals surface area contributed by atoms with Crippen LogP contribution in [0, 0.1) is 0 Å². The van der Waals surface area contributed by atoms with Crippen LogP contribution >= 0.6 is 15.9 Å². The molecule has 7 heteroatoms. The van der Waals surface area contributed by atoms with Crippen molar-refractivity contribution in [2.75, 3.05) is 6.26 Å². The van der Waals surface area contributed by atoms with Crippen molar-refractivity contribution in [1.29, 1.82) is 0 Å². The maximum Gasteiger partial charge on any atom is 0.265 e. The Morgan fingerprint density at radius 3 is 2.62 bits per heavy atom. The Balaban J connectivity index is 2.44. The Bertz CT molecular complexity index is 575. The lowest BCUT2D eigenvalue weighted by atomic mass is 10.3. The highest BCUT2D eigenvalue weighted by molar-refractivity contribution is 9.10. The summed E-state index contributed by atoms with van der Waals surface area (Å²) in [6.07, 6.45) is 3.13. The van der Waals surface area contributed by atoms with Crippen LogP contribution in [0.25, 0.3) is 0 Å². The molecule has 1 aliphatic rings. The van der Waals surface area contributed by atoms with Crippen molar-refractivity contribution < 1.29 is 8.42 Å². The number of nitrogens with one attached hydrogen (secondary N) is 1. The molecule has 0 radical (unpaired) electrons. The summed E-state index contributed by atoms with van der Waals surface area (Å²) in [6.45, 7) is 0. The van der Waals surface area contributed by atoms with E-state index in [9.17, 15) is 13.2 Å². The molecule has 16 heavy (non-hydrogen) atoms. The molecule has 5 nitrogen and oxygen atoms in total. The highest BCUT2D eigenvalue weighted by Crippen LogP contribution is 2.41. The van der Waals surface area contributed by atoms with Gasteiger partial charge in [-0.2, -0.15) is 0 Å². The Labute approximate surface area is 101 Å². The molecule has 1 N–H and O–H groups in total. The third-order valence-electron chi connectivity index (χ3n) is 2.30. The van der Waals surface area contributed by atoms with E-state index in [0.29, 0.717) is 16.1 Å². The average Bonchev–Trinajstić information content (AvgIpc) is 2.91. The largest absolute Gasteiger partial charge is 0.309 e. The predicted molar refractivity (Wildman–Crippen MR) is 63.1 cm³/mol. The molecule has 1 heterocycles. The summed E-state index contributed by atoms with van der Waals surface area (Å²) in [5.41, 5.74) is 0.373. The zero-order valence-corrected chi connectivity index (χ0v) is 11.1. The molecule has 0 aromatic carbocycles. The molecular formula is C9H11BrN2O3S. The summed E-state index contributed by atoms with van der Waals surface area (Å²) < 4.78 is 22.7. The van der Waals surface area contributed by atoms with Gasteiger partial charge in [-0.15, -0.1) is 0 Å². The van der Waals surface area contributed by atoms with Gasteiger partial charge >= 0.3 is 0 Å². The normalized spacial score (nSPS) is 16.4. The molecule has 0 amide bonds. The number of nitrogens with zero attached hydrogens (tertiary/aromatic N) is 1. The van der Waals surface area contributed by atoms with Gasteiger partial charge in [0.1, 0.15) is 16.0 Å². The second-order valence-corrected chi connectivity index (χ2v) is 6.99. The Morgan fingerprint density at radius 1 is 1.50 bits per heavy atom. The minimum atomic E-state index is -3.18. The summed E-state index contributed by atoms with van der Waals surface area (Å²) in [5, 5.41) is 0. The van der Waals surface area contributed by atoms with Crippen LogP contribution in [0.5, 0.6) is 0 Å². The molecule has 1 aliphatic carbocycles. The fraction of sp³-hybridized carbons (Fsp3) is 0.556. The van der Waals surface area contributed by atoms with Gasteiger partial charge in [0, 0.05) is 12.2 Å². The fourth-order valence-corrected chi connectivity index (χ4v) is 2.61. The molecule has 2 rings (SSSR count). The number of rotatable bonds is 3. The van der Waals surface area contributed by atoms with Crippen LogP contribution in [0.1, 0.15) is 30.3 Å². The smallest absolute Gasteiger partial charge is 0.265 e. The highest BCUT2D eigenvalue weighted by atomic mass is 79.9. The van der Waals surface area contributed by atoms with Crippen LogP contribution in [0.15, 0.2) is 9.27 Å². The van der Waals surface area contributed by atoms with Gasteiger partial charge in [0.15, 0.2) is 9.84 Å². The molecule has 1 aromatic heterocycles. The first-order valence-electron chi connectivity index (χ1n) is 4.83. The predicted octanol–water partition coefficient (Wildman–Crippen LogP) is 0.954. The molecule has 0 aliphatic heterocycles. The van der Waals surface area contributed by atoms with Crippen LogP contribution in [0.3, 0.4) is 0 Å². The maximum atomic E-state index is 11.5. The van der Waals surface area contributed by atoms with Gasteiger partial charge in [0.25, 0.3) is 5.56 Å². The monoisotopic (exact) mass is 306 g/mol. The first kappa shape index (κ1) is 11.8. The Hall–Kier alpha value is -0.690. The van der Waals surface area contributed by atoms with E-state index in [4.69, 9.17) is 0 Å². The van der Waals surface area contributed by atoms with Gasteiger partial charge in [-0.1, -0.05) is 0 Å². The zero-order valence-electron chi connectivity index (χ0n) is 8.66. The number of aromatic nitrogens is 2. The molecule has 0 saturated heterocycles. The lowest BCUT2D eigenvalue weighted by Gasteiger charge is -2.04. The van der Waals surface area contributed by atoms with E-state index in [2.05, 4.69) is 25.9 Å². The fourth-order valence-electron chi connectivity index (χ4n) is 1.47. The van der Waals surface area contributed by atoms with E-state index in [1.54, 1.807) is 0 Å². The Morgan fingerprint density at radius 2 is 2.12 bits per heavy atom. The van der Waals surface area contributed by atoms with Crippen molar-refractivity contribution in [3.8, 4) is 0 Å². The highest BCUT2D eigenvalue weighted by Gasteiger charge is 2.29. The molecule has 0 bridgehead atoms. The lowest BCUT2D eigenvalue weighted by Crippen LogP contribution is -2.17. The van der Waals surface area contributed by atoms with Crippen LogP contribution in [0.2, 0.25) is 0 Å². The second-order valence-electron chi connectivity index (χ2n) is 4.06. The van der Waals surface area contributed by atoms with Crippen LogP contribution in [0.4, 0.5) is 0 Å². The lowest BCUT2D eigenvalue weighted by molar-refractivity contribution is 0.599. The number of H-pyrrole nitrogens is 1. The van der Waals surface area contributed by atoms with Gasteiger partial charge in [-0.25, -0.2) is 13.4 Å². The first-order valence-corrected chi connectivity index (χ1v) is 7.68. The van der Waals surface area contributed by atoms with Crippen molar-refractivity contribution in [3.05, 3.63) is 26.3 Å². The van der Waals surface area contributed by atoms with Crippen LogP contribution < -0.4 is 5.56 Å². The number of halogens is 1. The third kappa shape index (κ3) is 2.70. The molecule has 0 atom stereocenters. The van der Waals surface area contributed by atoms with E-state index in [1.807, 2.05) is 0 Å². The second kappa shape index (κ2) is 3.96. The molecule has 88 valence electrons. The van der Waals surface area contributed by atoms with Crippen molar-refractivity contribution in [3.63, 3.8) is 0 Å². The SMILES string of the molecule is CS(=O)(=O)Cc1nc(C2CC2)c(Br)c(=O)[nH]1. The van der Waals surface area contributed by atoms with Gasteiger partial charge in [0.2, 0.25) is 0 Å². The summed E-state index contributed by atoms with van der Waals surface area (Å²) in [5.74, 6) is 0.294. The van der Waals surface area contributed by atoms with E-state index >= 15 is 0 Å². The topological polar surface area (TPSA) is 79.9 Å². The molecule has 1 saturated carbocycles. The van der Waals surface area contributed by atoms with Crippen LogP contribution in [-0.4, -0.2) is 24.6 Å². The minimum absolute atomic E-state index is 0.220. The number of aromatic amines is 1. The summed E-state index contributed by atoms with van der Waals surface area (Å²) in [7, 11) is -3.18. The van der Waals surface area contributed by atoms with E-state index in [-0.39, 0.29) is 17.1 Å². The Kier molecular flexibility index (Phi) is 2.91.